The molecule has 0 radical (unpaired) electrons. The van der Waals surface area contributed by atoms with Crippen molar-refractivity contribution in [3.05, 3.63) is 82.4 Å². The van der Waals surface area contributed by atoms with Crippen molar-refractivity contribution in [2.45, 2.75) is 53.1 Å². The lowest BCUT2D eigenvalue weighted by Crippen LogP contribution is -2.30. The lowest BCUT2D eigenvalue weighted by atomic mass is 9.96. The Kier molecular flexibility index (Phi) is 5.65. The number of benzene rings is 1. The van der Waals surface area contributed by atoms with E-state index in [4.69, 9.17) is 12.2 Å². The first kappa shape index (κ1) is 20.6. The molecule has 5 heteroatoms. The second-order valence-electron chi connectivity index (χ2n) is 8.33. The van der Waals surface area contributed by atoms with E-state index in [2.05, 4.69) is 84.7 Å². The van der Waals surface area contributed by atoms with Crippen molar-refractivity contribution in [2.24, 2.45) is 0 Å². The second-order valence-corrected chi connectivity index (χ2v) is 8.71. The standard InChI is InChI=1S/C25H30N4S/c1-6-11-28-24(23(27-25(28)30)22-9-7-8-10-26-22)21-15-18(4)29(19(21)5)20-13-16(2)12-17(3)14-20/h7-10,12-15,23-24H,6,11H2,1-5H3,(H,27,30)/t23-,24+/m1/s1. The Labute approximate surface area is 184 Å². The van der Waals surface area contributed by atoms with E-state index in [0.29, 0.717) is 0 Å². The van der Waals surface area contributed by atoms with Crippen molar-refractivity contribution in [3.8, 4) is 5.69 Å². The van der Waals surface area contributed by atoms with E-state index in [1.165, 1.54) is 33.8 Å². The highest BCUT2D eigenvalue weighted by atomic mass is 32.1. The molecule has 4 nitrogen and oxygen atoms in total. The molecule has 1 N–H and O–H groups in total. The molecule has 1 saturated heterocycles. The fraction of sp³-hybridized carbons (Fsp3) is 0.360. The lowest BCUT2D eigenvalue weighted by Gasteiger charge is -2.27. The highest BCUT2D eigenvalue weighted by Crippen LogP contribution is 2.41. The van der Waals surface area contributed by atoms with Gasteiger partial charge in [-0.15, -0.1) is 0 Å². The maximum Gasteiger partial charge on any atom is 0.170 e. The first-order valence-corrected chi connectivity index (χ1v) is 11.1. The maximum atomic E-state index is 5.75. The van der Waals surface area contributed by atoms with Crippen LogP contribution in [-0.2, 0) is 0 Å². The first-order valence-electron chi connectivity index (χ1n) is 10.7. The zero-order valence-corrected chi connectivity index (χ0v) is 19.3. The third-order valence-electron chi connectivity index (χ3n) is 5.92. The van der Waals surface area contributed by atoms with Crippen LogP contribution in [0.1, 0.15) is 59.2 Å². The molecule has 0 saturated carbocycles. The van der Waals surface area contributed by atoms with Crippen molar-refractivity contribution in [1.29, 1.82) is 0 Å². The average molecular weight is 419 g/mol. The van der Waals surface area contributed by atoms with Gasteiger partial charge in [-0.05, 0) is 93.4 Å². The van der Waals surface area contributed by atoms with Crippen LogP contribution in [0, 0.1) is 27.7 Å². The largest absolute Gasteiger partial charge is 0.352 e. The van der Waals surface area contributed by atoms with Gasteiger partial charge in [-0.1, -0.05) is 19.1 Å². The molecule has 0 amide bonds. The molecule has 0 spiro atoms. The minimum Gasteiger partial charge on any atom is -0.352 e. The number of aryl methyl sites for hydroxylation is 3. The first-order chi connectivity index (χ1) is 14.4. The quantitative estimate of drug-likeness (QED) is 0.556. The molecule has 3 heterocycles. The van der Waals surface area contributed by atoms with Crippen molar-refractivity contribution in [2.75, 3.05) is 6.54 Å². The van der Waals surface area contributed by atoms with Crippen molar-refractivity contribution in [3.63, 3.8) is 0 Å². The van der Waals surface area contributed by atoms with Crippen molar-refractivity contribution in [1.82, 2.24) is 19.8 Å². The Morgan fingerprint density at radius 1 is 1.03 bits per heavy atom. The summed E-state index contributed by atoms with van der Waals surface area (Å²) >= 11 is 5.75. The van der Waals surface area contributed by atoms with E-state index in [-0.39, 0.29) is 12.1 Å². The fourth-order valence-corrected chi connectivity index (χ4v) is 5.12. The molecule has 2 aromatic heterocycles. The minimum absolute atomic E-state index is 0.0402. The monoisotopic (exact) mass is 418 g/mol. The Balaban J connectivity index is 1.85. The number of thiocarbonyl (C=S) groups is 1. The predicted octanol–water partition coefficient (Wildman–Crippen LogP) is 5.49. The fourth-order valence-electron chi connectivity index (χ4n) is 4.79. The summed E-state index contributed by atoms with van der Waals surface area (Å²) in [7, 11) is 0. The molecule has 0 unspecified atom stereocenters. The van der Waals surface area contributed by atoms with Crippen LogP contribution >= 0.6 is 12.2 Å². The van der Waals surface area contributed by atoms with E-state index in [0.717, 1.165) is 23.8 Å². The molecule has 0 aliphatic carbocycles. The van der Waals surface area contributed by atoms with Crippen LogP contribution in [0.2, 0.25) is 0 Å². The molecular weight excluding hydrogens is 388 g/mol. The molecule has 1 aliphatic heterocycles. The van der Waals surface area contributed by atoms with Gasteiger partial charge in [0, 0.05) is 29.8 Å². The summed E-state index contributed by atoms with van der Waals surface area (Å²) in [5.74, 6) is 0. The van der Waals surface area contributed by atoms with E-state index < -0.39 is 0 Å². The number of pyridine rings is 1. The molecule has 0 bridgehead atoms. The van der Waals surface area contributed by atoms with Gasteiger partial charge >= 0.3 is 0 Å². The summed E-state index contributed by atoms with van der Waals surface area (Å²) in [6, 6.07) is 15.3. The van der Waals surface area contributed by atoms with Crippen LogP contribution in [0.25, 0.3) is 5.69 Å². The second kappa shape index (κ2) is 8.23. The SMILES string of the molecule is CCCN1C(=S)N[C@H](c2ccccn2)[C@@H]1c1cc(C)n(-c2cc(C)cc(C)c2)c1C. The highest BCUT2D eigenvalue weighted by Gasteiger charge is 2.40. The van der Waals surface area contributed by atoms with Crippen LogP contribution in [0.4, 0.5) is 0 Å². The number of hydrogen-bond donors (Lipinski definition) is 1. The molecule has 3 aromatic rings. The number of hydrogen-bond acceptors (Lipinski definition) is 2. The Morgan fingerprint density at radius 3 is 2.40 bits per heavy atom. The zero-order valence-electron chi connectivity index (χ0n) is 18.4. The van der Waals surface area contributed by atoms with Crippen LogP contribution < -0.4 is 5.32 Å². The molecular formula is C25H30N4S. The van der Waals surface area contributed by atoms with Gasteiger partial charge < -0.3 is 14.8 Å². The van der Waals surface area contributed by atoms with E-state index in [9.17, 15) is 0 Å². The molecule has 1 aliphatic rings. The molecule has 1 fully saturated rings. The molecule has 1 aromatic carbocycles. The number of nitrogens with zero attached hydrogens (tertiary/aromatic N) is 3. The van der Waals surface area contributed by atoms with Crippen molar-refractivity contribution < 1.29 is 0 Å². The Hall–Kier alpha value is -2.66. The van der Waals surface area contributed by atoms with Gasteiger partial charge in [-0.2, -0.15) is 0 Å². The van der Waals surface area contributed by atoms with Gasteiger partial charge in [0.2, 0.25) is 0 Å². The van der Waals surface area contributed by atoms with Gasteiger partial charge in [0.25, 0.3) is 0 Å². The molecule has 30 heavy (non-hydrogen) atoms. The highest BCUT2D eigenvalue weighted by molar-refractivity contribution is 7.80. The summed E-state index contributed by atoms with van der Waals surface area (Å²) in [6.45, 7) is 11.9. The zero-order chi connectivity index (χ0) is 21.4. The Bertz CT molecular complexity index is 1050. The summed E-state index contributed by atoms with van der Waals surface area (Å²) in [6.07, 6.45) is 2.90. The molecule has 4 rings (SSSR count). The molecule has 2 atom stereocenters. The summed E-state index contributed by atoms with van der Waals surface area (Å²) in [5.41, 5.74) is 8.61. The molecule has 156 valence electrons. The smallest absolute Gasteiger partial charge is 0.170 e. The maximum absolute atomic E-state index is 5.75. The third kappa shape index (κ3) is 3.63. The summed E-state index contributed by atoms with van der Waals surface area (Å²) in [4.78, 5) is 6.99. The predicted molar refractivity (Wildman–Crippen MR) is 127 cm³/mol. The third-order valence-corrected chi connectivity index (χ3v) is 6.27. The van der Waals surface area contributed by atoms with Crippen LogP contribution in [-0.4, -0.2) is 26.1 Å². The topological polar surface area (TPSA) is 33.1 Å². The lowest BCUT2D eigenvalue weighted by molar-refractivity contribution is 0.316. The van der Waals surface area contributed by atoms with E-state index in [1.807, 2.05) is 18.3 Å². The van der Waals surface area contributed by atoms with E-state index >= 15 is 0 Å². The van der Waals surface area contributed by atoms with Gasteiger partial charge in [-0.3, -0.25) is 4.98 Å². The number of rotatable bonds is 5. The average Bonchev–Trinajstić information content (AvgIpc) is 3.18. The van der Waals surface area contributed by atoms with Gasteiger partial charge in [0.15, 0.2) is 5.11 Å². The van der Waals surface area contributed by atoms with Crippen LogP contribution in [0.15, 0.2) is 48.7 Å². The number of aromatic nitrogens is 2. The van der Waals surface area contributed by atoms with Gasteiger partial charge in [-0.25, -0.2) is 0 Å². The summed E-state index contributed by atoms with van der Waals surface area (Å²) < 4.78 is 2.37. The Morgan fingerprint density at radius 2 is 1.77 bits per heavy atom. The van der Waals surface area contributed by atoms with Gasteiger partial charge in [0.05, 0.1) is 17.8 Å². The van der Waals surface area contributed by atoms with Crippen LogP contribution in [0.5, 0.6) is 0 Å². The minimum atomic E-state index is 0.0402. The normalized spacial score (nSPS) is 18.7. The van der Waals surface area contributed by atoms with Crippen molar-refractivity contribution >= 4 is 17.3 Å². The van der Waals surface area contributed by atoms with E-state index in [1.54, 1.807) is 0 Å². The number of nitrogens with one attached hydrogen (secondary N) is 1. The van der Waals surface area contributed by atoms with Gasteiger partial charge in [0.1, 0.15) is 0 Å². The summed E-state index contributed by atoms with van der Waals surface area (Å²) in [5, 5.41) is 4.37. The van der Waals surface area contributed by atoms with Crippen LogP contribution in [0.3, 0.4) is 0 Å².